The Balaban J connectivity index is 0.000000149. The summed E-state index contributed by atoms with van der Waals surface area (Å²) in [6.45, 7) is 12.0. The number of carbonyl (C=O) groups is 10. The lowest BCUT2D eigenvalue weighted by Crippen LogP contribution is -2.43. The number of aryl methyl sites for hydroxylation is 6. The Morgan fingerprint density at radius 2 is 0.765 bits per heavy atom. The van der Waals surface area contributed by atoms with Crippen LogP contribution < -0.4 is 35.5 Å². The maximum atomic E-state index is 13.4. The molecular weight excluding hydrogens is 1690 g/mol. The summed E-state index contributed by atoms with van der Waals surface area (Å²) < 4.78 is 24.5. The van der Waals surface area contributed by atoms with E-state index in [-0.39, 0.29) is 109 Å². The Hall–Kier alpha value is -14.8. The van der Waals surface area contributed by atoms with Crippen molar-refractivity contribution in [2.24, 2.45) is 36.1 Å². The number of para-hydroxylation sites is 1. The molecule has 28 heteroatoms. The predicted octanol–water partition coefficient (Wildman–Crippen LogP) is 18.1. The van der Waals surface area contributed by atoms with Crippen LogP contribution in [0.5, 0.6) is 17.2 Å². The number of piperidine rings is 3. The zero-order chi connectivity index (χ0) is 92.4. The molecule has 3 atom stereocenters. The third-order valence-corrected chi connectivity index (χ3v) is 25.4. The number of thiazole rings is 1. The standard InChI is InChI=1S/C44H40N6O5S.2C30H32N4O4/c1-27-17-34-35(45-24-33-13-6-7-16-50(33)44(34)54)22-39(27)55-26-29-10-8-9-28(18-29)19-41(52)46-32-21-37(49(2)25-32)38(51)23-42-48-36-20-30(14-15-40(36)56-42)43(53)47-31-11-4-3-5-12-31;2*1-19-11-25-26(31-16-24-9-4-5-10-34(24)30(25)37)15-28(19)38-18-22-8-6-7-21(12-22)13-29(36)32-23-14-27(20(2)35)33(3)17-23/h3-5,8-12,14-15,17-18,20-22,24-25,33H,6-7,13,16,19,23,26H2,1-2H3,(H,46,52)(H,47,53);2*6-8,11-12,14-17,24H,4-5,9-10,13,18H2,1-3H3,(H,32,36)/t33-;2*24-/m000/s1. The summed E-state index contributed by atoms with van der Waals surface area (Å²) in [7, 11) is 5.31. The van der Waals surface area contributed by atoms with E-state index in [4.69, 9.17) is 14.2 Å². The predicted molar refractivity (Wildman–Crippen MR) is 512 cm³/mol. The molecule has 0 unspecified atom stereocenters. The van der Waals surface area contributed by atoms with Gasteiger partial charge in [0, 0.05) is 121 Å². The number of nitrogens with zero attached hydrogens (tertiary/aromatic N) is 10. The summed E-state index contributed by atoms with van der Waals surface area (Å²) in [5, 5.41) is 12.2. The third kappa shape index (κ3) is 21.7. The number of hydrogen-bond donors (Lipinski definition) is 4. The van der Waals surface area contributed by atoms with Crippen molar-refractivity contribution < 1.29 is 62.2 Å². The summed E-state index contributed by atoms with van der Waals surface area (Å²) in [6, 6.07) is 54.0. The molecule has 674 valence electrons. The maximum absolute atomic E-state index is 13.4. The molecule has 0 bridgehead atoms. The molecule has 0 spiro atoms. The molecule has 27 nitrogen and oxygen atoms in total. The van der Waals surface area contributed by atoms with Crippen LogP contribution >= 0.6 is 11.3 Å². The lowest BCUT2D eigenvalue weighted by atomic mass is 10.0. The number of aliphatic imine (C=N–C) groups is 3. The first-order valence-corrected chi connectivity index (χ1v) is 45.4. The molecule has 8 aromatic carbocycles. The highest BCUT2D eigenvalue weighted by Gasteiger charge is 2.35. The fourth-order valence-corrected chi connectivity index (χ4v) is 18.5. The van der Waals surface area contributed by atoms with Crippen molar-refractivity contribution in [1.29, 1.82) is 0 Å². The maximum Gasteiger partial charge on any atom is 0.256 e. The molecule has 7 amide bonds. The van der Waals surface area contributed by atoms with Gasteiger partial charge in [-0.25, -0.2) is 4.98 Å². The van der Waals surface area contributed by atoms with Gasteiger partial charge in [-0.05, 0) is 195 Å². The molecular formula is C104H104N14O13S. The van der Waals surface area contributed by atoms with E-state index in [2.05, 4.69) is 41.2 Å². The smallest absolute Gasteiger partial charge is 0.256 e. The molecule has 12 aromatic rings. The first-order chi connectivity index (χ1) is 63.7. The average Bonchev–Trinajstić information content (AvgIpc) is 1.61. The zero-order valence-electron chi connectivity index (χ0n) is 75.1. The van der Waals surface area contributed by atoms with E-state index in [0.29, 0.717) is 120 Å². The van der Waals surface area contributed by atoms with Gasteiger partial charge in [0.05, 0.1) is 122 Å². The number of anilines is 4. The highest BCUT2D eigenvalue weighted by Crippen LogP contribution is 2.39. The zero-order valence-corrected chi connectivity index (χ0v) is 75.9. The Bertz CT molecular complexity index is 6390. The molecule has 4 aromatic heterocycles. The Labute approximate surface area is 769 Å². The van der Waals surface area contributed by atoms with Gasteiger partial charge in [-0.15, -0.1) is 11.3 Å². The monoisotopic (exact) mass is 1790 g/mol. The van der Waals surface area contributed by atoms with Gasteiger partial charge in [-0.1, -0.05) is 91.0 Å². The second-order valence-corrected chi connectivity index (χ2v) is 35.5. The topological polar surface area (TPSA) is 321 Å². The molecule has 0 aliphatic carbocycles. The summed E-state index contributed by atoms with van der Waals surface area (Å²) in [6.07, 6.45) is 20.7. The highest BCUT2D eigenvalue weighted by atomic mass is 32.1. The van der Waals surface area contributed by atoms with E-state index in [1.54, 1.807) is 83.8 Å². The number of ketones is 3. The van der Waals surface area contributed by atoms with Crippen LogP contribution in [0.3, 0.4) is 0 Å². The summed E-state index contributed by atoms with van der Waals surface area (Å²) in [5.41, 5.74) is 16.8. The lowest BCUT2D eigenvalue weighted by molar-refractivity contribution is -0.116. The van der Waals surface area contributed by atoms with Crippen LogP contribution in [-0.4, -0.2) is 148 Å². The molecule has 3 saturated heterocycles. The summed E-state index contributed by atoms with van der Waals surface area (Å²) in [4.78, 5) is 152. The second-order valence-electron chi connectivity index (χ2n) is 34.4. The number of fused-ring (bicyclic) bond motifs is 7. The molecule has 0 saturated carbocycles. The van der Waals surface area contributed by atoms with Crippen molar-refractivity contribution in [3.05, 3.63) is 289 Å². The molecule has 132 heavy (non-hydrogen) atoms. The van der Waals surface area contributed by atoms with Gasteiger partial charge in [0.2, 0.25) is 17.7 Å². The van der Waals surface area contributed by atoms with Crippen molar-refractivity contribution in [2.75, 3.05) is 40.9 Å². The number of rotatable bonds is 25. The molecule has 3 fully saturated rings. The van der Waals surface area contributed by atoms with Crippen LogP contribution in [-0.2, 0) is 81.0 Å². The quantitative estimate of drug-likeness (QED) is 0.0387. The number of carbonyl (C=O) groups excluding carboxylic acids is 10. The first kappa shape index (κ1) is 90.5. The molecule has 4 N–H and O–H groups in total. The first-order valence-electron chi connectivity index (χ1n) is 44.5. The van der Waals surface area contributed by atoms with Gasteiger partial charge in [0.1, 0.15) is 42.1 Å². The Kier molecular flexibility index (Phi) is 27.8. The van der Waals surface area contributed by atoms with Crippen molar-refractivity contribution in [3.8, 4) is 17.2 Å². The van der Waals surface area contributed by atoms with E-state index in [9.17, 15) is 47.9 Å². The van der Waals surface area contributed by atoms with Crippen LogP contribution in [0.1, 0.15) is 200 Å². The number of aromatic nitrogens is 4. The normalized spacial score (nSPS) is 15.8. The van der Waals surface area contributed by atoms with Gasteiger partial charge in [-0.3, -0.25) is 62.9 Å². The van der Waals surface area contributed by atoms with Crippen molar-refractivity contribution in [1.82, 2.24) is 33.4 Å². The summed E-state index contributed by atoms with van der Waals surface area (Å²) in [5.74, 6) is 1.10. The van der Waals surface area contributed by atoms with Crippen LogP contribution in [0.4, 0.5) is 39.8 Å². The molecule has 6 aliphatic rings. The van der Waals surface area contributed by atoms with E-state index < -0.39 is 0 Å². The SMILES string of the molecule is CC(=O)c1cc(NC(=O)Cc2cccc(COc3cc4c(cc3C)C(=O)N3CCCC[C@H]3C=N4)c2)cn1C.CC(=O)c1cc(NC(=O)Cc2cccc(COc3cc4c(cc3C)C(=O)N3CCCC[C@H]3C=N4)c2)cn1C.Cc1cc2c(cc1OCc1cccc(CC(=O)Nc3cc(C(=O)Cc4nc5cc(C(=O)Nc6ccccc6)ccc5s4)n(C)c3)c1)N=C[C@@H]1CCCCN1C2=O. The largest absolute Gasteiger partial charge is 0.489 e. The number of Topliss-reactive ketones (excluding diaryl/α,β-unsaturated/α-hetero) is 3. The minimum atomic E-state index is -0.234. The fourth-order valence-electron chi connectivity index (χ4n) is 17.6. The van der Waals surface area contributed by atoms with Crippen LogP contribution in [0.2, 0.25) is 0 Å². The number of amides is 7. The molecule has 10 heterocycles. The molecule has 6 aliphatic heterocycles. The fraction of sp³-hybridized carbons (Fsp3) is 0.288. The number of ether oxygens (including phenoxy) is 3. The highest BCUT2D eigenvalue weighted by molar-refractivity contribution is 7.18. The van der Waals surface area contributed by atoms with Crippen LogP contribution in [0, 0.1) is 20.8 Å². The molecule has 0 radical (unpaired) electrons. The van der Waals surface area contributed by atoms with Crippen LogP contribution in [0.15, 0.2) is 209 Å². The van der Waals surface area contributed by atoms with Gasteiger partial charge < -0.3 is 63.9 Å². The van der Waals surface area contributed by atoms with Crippen molar-refractivity contribution in [2.45, 2.75) is 156 Å². The van der Waals surface area contributed by atoms with Crippen LogP contribution in [0.25, 0.3) is 10.2 Å². The Morgan fingerprint density at radius 1 is 0.394 bits per heavy atom. The van der Waals surface area contributed by atoms with E-state index >= 15 is 0 Å². The Morgan fingerprint density at radius 3 is 1.14 bits per heavy atom. The van der Waals surface area contributed by atoms with Crippen molar-refractivity contribution in [3.63, 3.8) is 0 Å². The second kappa shape index (κ2) is 40.5. The third-order valence-electron chi connectivity index (χ3n) is 24.3. The van der Waals surface area contributed by atoms with Gasteiger partial charge >= 0.3 is 0 Å². The van der Waals surface area contributed by atoms with E-state index in [0.717, 1.165) is 132 Å². The van der Waals surface area contributed by atoms with Gasteiger partial charge in [0.25, 0.3) is 23.6 Å². The van der Waals surface area contributed by atoms with Gasteiger partial charge in [0.15, 0.2) is 17.3 Å². The van der Waals surface area contributed by atoms with Crippen molar-refractivity contribution >= 4 is 139 Å². The average molecular weight is 1790 g/mol. The lowest BCUT2D eigenvalue weighted by Gasteiger charge is -2.32. The van der Waals surface area contributed by atoms with Gasteiger partial charge in [-0.2, -0.15) is 0 Å². The summed E-state index contributed by atoms with van der Waals surface area (Å²) >= 11 is 1.41. The number of nitrogens with one attached hydrogen (secondary N) is 4. The van der Waals surface area contributed by atoms with E-state index in [1.807, 2.05) is 200 Å². The minimum Gasteiger partial charge on any atom is -0.489 e. The van der Waals surface area contributed by atoms with E-state index in [1.165, 1.54) is 25.2 Å². The number of hydrogen-bond acceptors (Lipinski definition) is 18. The molecule has 18 rings (SSSR count). The minimum absolute atomic E-state index is 0.0216. The number of benzene rings is 8.